The third-order valence-electron chi connectivity index (χ3n) is 5.48. The van der Waals surface area contributed by atoms with E-state index in [0.29, 0.717) is 18.1 Å². The van der Waals surface area contributed by atoms with Crippen molar-refractivity contribution in [1.29, 1.82) is 0 Å². The van der Waals surface area contributed by atoms with Gasteiger partial charge in [-0.1, -0.05) is 13.8 Å². The number of ketones is 1. The van der Waals surface area contributed by atoms with Crippen molar-refractivity contribution in [2.45, 2.75) is 33.1 Å². The van der Waals surface area contributed by atoms with Gasteiger partial charge < -0.3 is 4.90 Å². The molecule has 0 aromatic carbocycles. The molecule has 4 rings (SSSR count). The number of likely N-dealkylation sites (tertiary alicyclic amines) is 1. The lowest BCUT2D eigenvalue weighted by Crippen LogP contribution is -2.38. The van der Waals surface area contributed by atoms with Crippen LogP contribution in [0.25, 0.3) is 22.0 Å². The van der Waals surface area contributed by atoms with Crippen LogP contribution in [0.5, 0.6) is 0 Å². The fraction of sp³-hybridized carbons (Fsp3) is 0.455. The summed E-state index contributed by atoms with van der Waals surface area (Å²) < 4.78 is 0. The Bertz CT molecular complexity index is 943. The summed E-state index contributed by atoms with van der Waals surface area (Å²) in [5.41, 5.74) is 3.66. The van der Waals surface area contributed by atoms with Crippen LogP contribution in [0, 0.1) is 11.8 Å². The molecule has 1 aliphatic heterocycles. The summed E-state index contributed by atoms with van der Waals surface area (Å²) >= 11 is 0. The maximum absolute atomic E-state index is 12.8. The van der Waals surface area contributed by atoms with E-state index >= 15 is 0 Å². The van der Waals surface area contributed by atoms with Crippen LogP contribution >= 0.6 is 0 Å². The van der Waals surface area contributed by atoms with Gasteiger partial charge in [-0.25, -0.2) is 0 Å². The third kappa shape index (κ3) is 4.28. The first-order chi connectivity index (χ1) is 13.6. The number of pyridine rings is 2. The van der Waals surface area contributed by atoms with Crippen LogP contribution in [-0.2, 0) is 11.2 Å². The number of piperidine rings is 1. The second kappa shape index (κ2) is 8.19. The Labute approximate surface area is 165 Å². The number of fused-ring (bicyclic) bond motifs is 1. The van der Waals surface area contributed by atoms with Crippen LogP contribution in [0.4, 0.5) is 0 Å². The number of carbonyl (C=O) groups is 1. The van der Waals surface area contributed by atoms with Crippen LogP contribution in [0.3, 0.4) is 0 Å². The molecule has 146 valence electrons. The van der Waals surface area contributed by atoms with Crippen LogP contribution < -0.4 is 0 Å². The fourth-order valence-corrected chi connectivity index (χ4v) is 4.02. The van der Waals surface area contributed by atoms with Crippen molar-refractivity contribution in [3.05, 3.63) is 42.6 Å². The highest BCUT2D eigenvalue weighted by Crippen LogP contribution is 2.24. The summed E-state index contributed by atoms with van der Waals surface area (Å²) in [6, 6.07) is 4.07. The molecule has 28 heavy (non-hydrogen) atoms. The van der Waals surface area contributed by atoms with Gasteiger partial charge >= 0.3 is 0 Å². The smallest absolute Gasteiger partial charge is 0.142 e. The van der Waals surface area contributed by atoms with E-state index in [1.54, 1.807) is 12.4 Å². The standard InChI is InChI=1S/C22H27N5O/c1-15(2)14-27-5-3-16(4-6-27)22(28)9-20-8-17-7-18(19-11-25-26-12-19)10-24-21(17)13-23-20/h7-8,10-13,15-16H,3-6,9,14H2,1-2H3,(H,25,26). The van der Waals surface area contributed by atoms with Crippen molar-refractivity contribution in [1.82, 2.24) is 25.1 Å². The van der Waals surface area contributed by atoms with Gasteiger partial charge in [-0.15, -0.1) is 0 Å². The van der Waals surface area contributed by atoms with Gasteiger partial charge in [0.2, 0.25) is 0 Å². The molecule has 0 unspecified atom stereocenters. The van der Waals surface area contributed by atoms with Crippen molar-refractivity contribution in [3.63, 3.8) is 0 Å². The van der Waals surface area contributed by atoms with E-state index in [9.17, 15) is 4.79 Å². The van der Waals surface area contributed by atoms with Gasteiger partial charge in [0.1, 0.15) is 5.78 Å². The molecule has 1 N–H and O–H groups in total. The molecule has 1 saturated heterocycles. The summed E-state index contributed by atoms with van der Waals surface area (Å²) in [5, 5.41) is 7.82. The Morgan fingerprint density at radius 3 is 2.68 bits per heavy atom. The Morgan fingerprint density at radius 2 is 1.96 bits per heavy atom. The molecular formula is C22H27N5O. The predicted octanol–water partition coefficient (Wildman–Crippen LogP) is 3.50. The lowest BCUT2D eigenvalue weighted by molar-refractivity contribution is -0.123. The number of hydrogen-bond donors (Lipinski definition) is 1. The molecule has 1 fully saturated rings. The zero-order chi connectivity index (χ0) is 19.5. The highest BCUT2D eigenvalue weighted by Gasteiger charge is 2.25. The first-order valence-electron chi connectivity index (χ1n) is 10.1. The van der Waals surface area contributed by atoms with Crippen molar-refractivity contribution < 1.29 is 4.79 Å². The molecule has 0 atom stereocenters. The molecule has 4 heterocycles. The Hall–Kier alpha value is -2.60. The summed E-state index contributed by atoms with van der Waals surface area (Å²) in [4.78, 5) is 24.2. The number of aromatic nitrogens is 4. The van der Waals surface area contributed by atoms with E-state index in [1.807, 2.05) is 18.5 Å². The minimum Gasteiger partial charge on any atom is -0.303 e. The summed E-state index contributed by atoms with van der Waals surface area (Å²) in [6.07, 6.45) is 9.55. The van der Waals surface area contributed by atoms with Crippen molar-refractivity contribution in [2.75, 3.05) is 19.6 Å². The van der Waals surface area contributed by atoms with E-state index in [2.05, 4.69) is 45.0 Å². The van der Waals surface area contributed by atoms with Crippen LogP contribution in [0.15, 0.2) is 36.9 Å². The average Bonchev–Trinajstić information content (AvgIpc) is 3.22. The Balaban J connectivity index is 1.43. The normalized spacial score (nSPS) is 16.1. The van der Waals surface area contributed by atoms with E-state index in [1.165, 1.54) is 0 Å². The van der Waals surface area contributed by atoms with Gasteiger partial charge in [-0.2, -0.15) is 5.10 Å². The zero-order valence-electron chi connectivity index (χ0n) is 16.6. The van der Waals surface area contributed by atoms with Crippen LogP contribution in [-0.4, -0.2) is 50.5 Å². The van der Waals surface area contributed by atoms with Crippen molar-refractivity contribution in [2.24, 2.45) is 11.8 Å². The molecule has 6 heteroatoms. The molecule has 0 radical (unpaired) electrons. The minimum atomic E-state index is 0.163. The van der Waals surface area contributed by atoms with E-state index < -0.39 is 0 Å². The molecule has 0 saturated carbocycles. The van der Waals surface area contributed by atoms with Crippen LogP contribution in [0.1, 0.15) is 32.4 Å². The quantitative estimate of drug-likeness (QED) is 0.712. The van der Waals surface area contributed by atoms with Gasteiger partial charge in [-0.05, 0) is 44.0 Å². The third-order valence-corrected chi connectivity index (χ3v) is 5.48. The largest absolute Gasteiger partial charge is 0.303 e. The molecule has 3 aromatic heterocycles. The van der Waals surface area contributed by atoms with Crippen LogP contribution in [0.2, 0.25) is 0 Å². The molecule has 0 bridgehead atoms. The molecule has 0 spiro atoms. The summed E-state index contributed by atoms with van der Waals surface area (Å²) in [6.45, 7) is 7.67. The number of carbonyl (C=O) groups excluding carboxylic acids is 1. The first-order valence-corrected chi connectivity index (χ1v) is 10.1. The van der Waals surface area contributed by atoms with E-state index in [-0.39, 0.29) is 5.92 Å². The SMILES string of the molecule is CC(C)CN1CCC(C(=O)Cc2cc3cc(-c4cn[nH]c4)cnc3cn2)CC1. The average molecular weight is 377 g/mol. The number of Topliss-reactive ketones (excluding diaryl/α,β-unsaturated/α-hetero) is 1. The monoisotopic (exact) mass is 377 g/mol. The fourth-order valence-electron chi connectivity index (χ4n) is 4.02. The van der Waals surface area contributed by atoms with Gasteiger partial charge in [0.15, 0.2) is 0 Å². The molecular weight excluding hydrogens is 350 g/mol. The molecule has 1 aliphatic rings. The van der Waals surface area contributed by atoms with Crippen molar-refractivity contribution >= 4 is 16.7 Å². The highest BCUT2D eigenvalue weighted by molar-refractivity contribution is 5.86. The number of nitrogens with zero attached hydrogens (tertiary/aromatic N) is 4. The lowest BCUT2D eigenvalue weighted by Gasteiger charge is -2.32. The minimum absolute atomic E-state index is 0.163. The topological polar surface area (TPSA) is 74.8 Å². The molecule has 3 aromatic rings. The lowest BCUT2D eigenvalue weighted by atomic mass is 9.90. The number of rotatable bonds is 6. The maximum atomic E-state index is 12.8. The maximum Gasteiger partial charge on any atom is 0.142 e. The second-order valence-corrected chi connectivity index (χ2v) is 8.19. The molecule has 6 nitrogen and oxygen atoms in total. The number of aromatic amines is 1. The first kappa shape index (κ1) is 18.7. The number of hydrogen-bond acceptors (Lipinski definition) is 5. The zero-order valence-corrected chi connectivity index (χ0v) is 16.6. The molecule has 0 aliphatic carbocycles. The van der Waals surface area contributed by atoms with Gasteiger partial charge in [0.25, 0.3) is 0 Å². The number of H-pyrrole nitrogens is 1. The predicted molar refractivity (Wildman–Crippen MR) is 110 cm³/mol. The summed E-state index contributed by atoms with van der Waals surface area (Å²) in [5.74, 6) is 1.15. The van der Waals surface area contributed by atoms with Crippen molar-refractivity contribution in [3.8, 4) is 11.1 Å². The van der Waals surface area contributed by atoms with Gasteiger partial charge in [0, 0.05) is 53.5 Å². The number of nitrogens with one attached hydrogen (secondary N) is 1. The van der Waals surface area contributed by atoms with E-state index in [4.69, 9.17) is 0 Å². The second-order valence-electron chi connectivity index (χ2n) is 8.19. The highest BCUT2D eigenvalue weighted by atomic mass is 16.1. The summed E-state index contributed by atoms with van der Waals surface area (Å²) in [7, 11) is 0. The Kier molecular flexibility index (Phi) is 5.48. The van der Waals surface area contributed by atoms with Gasteiger partial charge in [-0.3, -0.25) is 19.9 Å². The van der Waals surface area contributed by atoms with Gasteiger partial charge in [0.05, 0.1) is 17.9 Å². The molecule has 0 amide bonds. The Morgan fingerprint density at radius 1 is 1.14 bits per heavy atom. The van der Waals surface area contributed by atoms with E-state index in [0.717, 1.165) is 60.2 Å².